The Morgan fingerprint density at radius 3 is 1.91 bits per heavy atom. The van der Waals surface area contributed by atoms with Crippen LogP contribution in [0, 0.1) is 23.7 Å². The van der Waals surface area contributed by atoms with Gasteiger partial charge < -0.3 is 6.42 Å². The van der Waals surface area contributed by atoms with E-state index in [0.29, 0.717) is 11.1 Å². The predicted octanol–water partition coefficient (Wildman–Crippen LogP) is 1.49. The van der Waals surface area contributed by atoms with Crippen molar-refractivity contribution in [2.45, 2.75) is 0 Å². The third-order valence-corrected chi connectivity index (χ3v) is 1.16. The molecule has 1 aromatic rings. The molecule has 1 rings (SSSR count). The fourth-order valence-electron chi connectivity index (χ4n) is 0.628. The number of hydrogen-bond donors (Lipinski definition) is 0. The van der Waals surface area contributed by atoms with Gasteiger partial charge in [0, 0.05) is 5.56 Å². The molecule has 0 aliphatic rings. The summed E-state index contributed by atoms with van der Waals surface area (Å²) in [4.78, 5) is 0. The van der Waals surface area contributed by atoms with Crippen molar-refractivity contribution in [1.29, 1.82) is 5.26 Å². The molecule has 0 heterocycles. The molecule has 0 saturated heterocycles. The van der Waals surface area contributed by atoms with Crippen LogP contribution >= 0.6 is 0 Å². The molecular formula is C9H4AuN. The first-order chi connectivity index (χ1) is 4.86. The van der Waals surface area contributed by atoms with Crippen LogP contribution in [0.25, 0.3) is 0 Å². The molecule has 0 unspecified atom stereocenters. The molecule has 0 aliphatic heterocycles. The van der Waals surface area contributed by atoms with Crippen molar-refractivity contribution in [1.82, 2.24) is 0 Å². The third kappa shape index (κ3) is 2.62. The molecule has 0 bridgehead atoms. The summed E-state index contributed by atoms with van der Waals surface area (Å²) in [5.74, 6) is 2.22. The van der Waals surface area contributed by atoms with Crippen molar-refractivity contribution in [3.05, 3.63) is 41.8 Å². The van der Waals surface area contributed by atoms with Crippen LogP contribution in [0.5, 0.6) is 0 Å². The molecule has 0 fully saturated rings. The SMILES string of the molecule is [Au+].[C-]#Cc1ccc(C#N)cc1. The average Bonchev–Trinajstić information content (AvgIpc) is 2.05. The minimum absolute atomic E-state index is 0. The van der Waals surface area contributed by atoms with Crippen molar-refractivity contribution in [3.63, 3.8) is 0 Å². The van der Waals surface area contributed by atoms with E-state index in [1.807, 2.05) is 6.07 Å². The molecular weight excluding hydrogens is 319 g/mol. The zero-order chi connectivity index (χ0) is 7.40. The van der Waals surface area contributed by atoms with Gasteiger partial charge in [-0.05, 0) is 0 Å². The molecule has 0 spiro atoms. The van der Waals surface area contributed by atoms with E-state index in [1.54, 1.807) is 24.3 Å². The maximum atomic E-state index is 8.38. The molecule has 0 N–H and O–H groups in total. The maximum Gasteiger partial charge on any atom is 1.00 e. The van der Waals surface area contributed by atoms with Crippen LogP contribution in [0.3, 0.4) is 0 Å². The van der Waals surface area contributed by atoms with E-state index in [4.69, 9.17) is 11.7 Å². The van der Waals surface area contributed by atoms with Crippen LogP contribution in [0.1, 0.15) is 11.1 Å². The zero-order valence-electron chi connectivity index (χ0n) is 5.56. The molecule has 11 heavy (non-hydrogen) atoms. The van der Waals surface area contributed by atoms with Crippen molar-refractivity contribution >= 4 is 0 Å². The van der Waals surface area contributed by atoms with Gasteiger partial charge in [0.1, 0.15) is 0 Å². The van der Waals surface area contributed by atoms with Gasteiger partial charge in [-0.25, -0.2) is 0 Å². The smallest absolute Gasteiger partial charge is 0.366 e. The van der Waals surface area contributed by atoms with Gasteiger partial charge in [-0.15, -0.1) is 17.7 Å². The second-order valence-corrected chi connectivity index (χ2v) is 1.81. The molecule has 2 heteroatoms. The molecule has 56 valence electrons. The fourth-order valence-corrected chi connectivity index (χ4v) is 0.628. The van der Waals surface area contributed by atoms with Crippen LogP contribution in [0.15, 0.2) is 24.3 Å². The molecule has 1 nitrogen and oxygen atoms in total. The summed E-state index contributed by atoms with van der Waals surface area (Å²) in [7, 11) is 0. The predicted molar refractivity (Wildman–Crippen MR) is 37.4 cm³/mol. The Kier molecular flexibility index (Phi) is 4.34. The van der Waals surface area contributed by atoms with Gasteiger partial charge in [0.15, 0.2) is 0 Å². The Morgan fingerprint density at radius 2 is 1.55 bits per heavy atom. The number of nitriles is 1. The summed E-state index contributed by atoms with van der Waals surface area (Å²) in [5.41, 5.74) is 1.30. The van der Waals surface area contributed by atoms with Crippen molar-refractivity contribution in [3.8, 4) is 12.0 Å². The number of benzene rings is 1. The average molecular weight is 323 g/mol. The molecule has 0 radical (unpaired) electrons. The van der Waals surface area contributed by atoms with E-state index >= 15 is 0 Å². The van der Waals surface area contributed by atoms with Crippen LogP contribution in [0.4, 0.5) is 0 Å². The quantitative estimate of drug-likeness (QED) is 0.403. The first kappa shape index (κ1) is 10.0. The molecule has 0 saturated carbocycles. The molecule has 0 amide bonds. The number of nitrogens with zero attached hydrogens (tertiary/aromatic N) is 1. The summed E-state index contributed by atoms with van der Waals surface area (Å²) in [6.07, 6.45) is 6.74. The monoisotopic (exact) mass is 323 g/mol. The zero-order valence-corrected chi connectivity index (χ0v) is 7.72. The van der Waals surface area contributed by atoms with Gasteiger partial charge in [0.2, 0.25) is 0 Å². The maximum absolute atomic E-state index is 8.38. The molecule has 0 atom stereocenters. The van der Waals surface area contributed by atoms with E-state index in [-0.39, 0.29) is 22.4 Å². The Balaban J connectivity index is 0.000001000. The van der Waals surface area contributed by atoms with Crippen molar-refractivity contribution in [2.75, 3.05) is 0 Å². The number of hydrogen-bond acceptors (Lipinski definition) is 1. The third-order valence-electron chi connectivity index (χ3n) is 1.16. The Morgan fingerprint density at radius 1 is 1.09 bits per heavy atom. The second-order valence-electron chi connectivity index (χ2n) is 1.81. The first-order valence-electron chi connectivity index (χ1n) is 2.79. The summed E-state index contributed by atoms with van der Waals surface area (Å²) in [6, 6.07) is 8.69. The van der Waals surface area contributed by atoms with Gasteiger partial charge in [-0.2, -0.15) is 5.26 Å². The van der Waals surface area contributed by atoms with Crippen molar-refractivity contribution < 1.29 is 22.4 Å². The van der Waals surface area contributed by atoms with Crippen molar-refractivity contribution in [2.24, 2.45) is 0 Å². The van der Waals surface area contributed by atoms with Crippen LogP contribution < -0.4 is 0 Å². The van der Waals surface area contributed by atoms with Crippen LogP contribution in [0.2, 0.25) is 0 Å². The minimum atomic E-state index is 0. The van der Waals surface area contributed by atoms with Gasteiger partial charge in [0.25, 0.3) is 0 Å². The minimum Gasteiger partial charge on any atom is -0.366 e. The molecule has 0 aliphatic carbocycles. The largest absolute Gasteiger partial charge is 1.00 e. The summed E-state index contributed by atoms with van der Waals surface area (Å²) in [5, 5.41) is 8.38. The fraction of sp³-hybridized carbons (Fsp3) is 0. The standard InChI is InChI=1S/C9H4N.Au/c1-2-8-3-5-9(7-10)6-4-8;/h3-6H;/q-1;+1. The van der Waals surface area contributed by atoms with Crippen LogP contribution in [-0.4, -0.2) is 0 Å². The summed E-state index contributed by atoms with van der Waals surface area (Å²) >= 11 is 0. The van der Waals surface area contributed by atoms with Gasteiger partial charge in [-0.3, -0.25) is 5.92 Å². The van der Waals surface area contributed by atoms with E-state index in [9.17, 15) is 0 Å². The topological polar surface area (TPSA) is 23.8 Å². The first-order valence-corrected chi connectivity index (χ1v) is 2.79. The van der Waals surface area contributed by atoms with E-state index in [0.717, 1.165) is 0 Å². The van der Waals surface area contributed by atoms with Gasteiger partial charge in [-0.1, -0.05) is 12.1 Å². The normalized spacial score (nSPS) is 7.09. The number of rotatable bonds is 0. The Labute approximate surface area is 81.6 Å². The second kappa shape index (κ2) is 4.77. The van der Waals surface area contributed by atoms with Crippen LogP contribution in [-0.2, 0) is 22.4 Å². The summed E-state index contributed by atoms with van der Waals surface area (Å²) < 4.78 is 0. The van der Waals surface area contributed by atoms with Gasteiger partial charge >= 0.3 is 22.4 Å². The Hall–Kier alpha value is -0.990. The van der Waals surface area contributed by atoms with E-state index in [2.05, 4.69) is 5.92 Å². The molecule has 1 aromatic carbocycles. The molecule has 0 aromatic heterocycles. The van der Waals surface area contributed by atoms with Gasteiger partial charge in [0.05, 0.1) is 6.07 Å². The summed E-state index contributed by atoms with van der Waals surface area (Å²) in [6.45, 7) is 0. The Bertz CT molecular complexity index is 267. The van der Waals surface area contributed by atoms with E-state index in [1.165, 1.54) is 0 Å². The van der Waals surface area contributed by atoms with E-state index < -0.39 is 0 Å².